The van der Waals surface area contributed by atoms with Crippen molar-refractivity contribution in [3.63, 3.8) is 0 Å². The van der Waals surface area contributed by atoms with E-state index in [4.69, 9.17) is 4.74 Å². The van der Waals surface area contributed by atoms with Crippen molar-refractivity contribution in [1.29, 1.82) is 0 Å². The van der Waals surface area contributed by atoms with Crippen molar-refractivity contribution >= 4 is 22.6 Å². The highest BCUT2D eigenvalue weighted by molar-refractivity contribution is 6.05. The summed E-state index contributed by atoms with van der Waals surface area (Å²) in [5.41, 5.74) is 0.108. The predicted molar refractivity (Wildman–Crippen MR) is 141 cm³/mol. The van der Waals surface area contributed by atoms with Crippen LogP contribution in [0, 0.1) is 29.0 Å². The molecule has 4 saturated carbocycles. The number of rotatable bonds is 8. The molecule has 0 aliphatic heterocycles. The normalized spacial score (nSPS) is 25.6. The molecule has 0 unspecified atom stereocenters. The summed E-state index contributed by atoms with van der Waals surface area (Å²) in [7, 11) is 0. The standard InChI is InChI=1S/C31H29F4NO5/c32-22-4-8-24-21(12-22)3-7-25(26(24)40-16-17-1-5-23(6-2-17)41-31(33,34)35)28(37)36-27(29(38)39)30-13-18-9-19(14-30)11-20(10-18)15-30/h1-8,12,18-20,27H,9-11,13-16H2,(H,36,37)(H,38,39)/t18?,19?,20?,27-,30?/m1/s1. The van der Waals surface area contributed by atoms with Crippen LogP contribution in [-0.4, -0.2) is 29.4 Å². The second-order valence-corrected chi connectivity index (χ2v) is 11.8. The van der Waals surface area contributed by atoms with E-state index in [1.807, 2.05) is 0 Å². The van der Waals surface area contributed by atoms with Crippen LogP contribution in [0.3, 0.4) is 0 Å². The molecule has 3 aromatic rings. The minimum absolute atomic E-state index is 0.0945. The molecular weight excluding hydrogens is 542 g/mol. The molecule has 0 aromatic heterocycles. The fourth-order valence-corrected chi connectivity index (χ4v) is 7.77. The van der Waals surface area contributed by atoms with Crippen LogP contribution in [0.25, 0.3) is 10.8 Å². The highest BCUT2D eigenvalue weighted by Gasteiger charge is 2.56. The SMILES string of the molecule is O=C(N[C@H](C(=O)O)C12CC3CC(CC(C3)C1)C2)c1ccc2cc(F)ccc2c1OCc1ccc(OC(F)(F)F)cc1. The molecule has 10 heteroatoms. The van der Waals surface area contributed by atoms with E-state index in [-0.39, 0.29) is 23.7 Å². The van der Waals surface area contributed by atoms with Gasteiger partial charge >= 0.3 is 12.3 Å². The van der Waals surface area contributed by atoms with Gasteiger partial charge in [-0.2, -0.15) is 0 Å². The maximum atomic E-state index is 14.0. The molecule has 0 heterocycles. The Kier molecular flexibility index (Phi) is 6.82. The summed E-state index contributed by atoms with van der Waals surface area (Å²) in [6.07, 6.45) is 0.911. The third-order valence-corrected chi connectivity index (χ3v) is 8.94. The Balaban J connectivity index is 1.28. The largest absolute Gasteiger partial charge is 0.573 e. The van der Waals surface area contributed by atoms with Gasteiger partial charge in [-0.1, -0.05) is 18.2 Å². The van der Waals surface area contributed by atoms with Crippen molar-refractivity contribution in [1.82, 2.24) is 5.32 Å². The number of hydrogen-bond donors (Lipinski definition) is 2. The number of fused-ring (bicyclic) bond motifs is 1. The van der Waals surface area contributed by atoms with Gasteiger partial charge < -0.3 is 19.9 Å². The molecule has 4 bridgehead atoms. The molecule has 0 spiro atoms. The van der Waals surface area contributed by atoms with E-state index >= 15 is 0 Å². The van der Waals surface area contributed by atoms with E-state index in [1.54, 1.807) is 6.07 Å². The lowest BCUT2D eigenvalue weighted by Gasteiger charge is -2.58. The molecule has 1 atom stereocenters. The summed E-state index contributed by atoms with van der Waals surface area (Å²) in [4.78, 5) is 26.3. The first-order chi connectivity index (χ1) is 19.5. The van der Waals surface area contributed by atoms with E-state index in [2.05, 4.69) is 10.1 Å². The number of ether oxygens (including phenoxy) is 2. The van der Waals surface area contributed by atoms with Crippen molar-refractivity contribution in [2.24, 2.45) is 23.2 Å². The number of benzene rings is 3. The zero-order chi connectivity index (χ0) is 28.9. The molecular formula is C31H29F4NO5. The second-order valence-electron chi connectivity index (χ2n) is 11.8. The van der Waals surface area contributed by atoms with Crippen LogP contribution in [0.15, 0.2) is 54.6 Å². The summed E-state index contributed by atoms with van der Waals surface area (Å²) in [5, 5.41) is 14.0. The third kappa shape index (κ3) is 5.56. The van der Waals surface area contributed by atoms with Crippen molar-refractivity contribution in [3.8, 4) is 11.5 Å². The lowest BCUT2D eigenvalue weighted by Crippen LogP contribution is -2.59. The van der Waals surface area contributed by atoms with E-state index in [0.717, 1.165) is 50.7 Å². The van der Waals surface area contributed by atoms with Crippen molar-refractivity contribution in [2.75, 3.05) is 0 Å². The lowest BCUT2D eigenvalue weighted by molar-refractivity contribution is -0.274. The Labute approximate surface area is 233 Å². The Morgan fingerprint density at radius 1 is 0.951 bits per heavy atom. The van der Waals surface area contributed by atoms with Gasteiger partial charge in [-0.15, -0.1) is 13.2 Å². The molecule has 3 aromatic carbocycles. The molecule has 216 valence electrons. The quantitative estimate of drug-likeness (QED) is 0.289. The molecule has 41 heavy (non-hydrogen) atoms. The molecule has 0 saturated heterocycles. The van der Waals surface area contributed by atoms with Crippen LogP contribution < -0.4 is 14.8 Å². The zero-order valence-corrected chi connectivity index (χ0v) is 22.0. The number of carboxylic acid groups (broad SMARTS) is 1. The monoisotopic (exact) mass is 571 g/mol. The van der Waals surface area contributed by atoms with Crippen LogP contribution in [0.1, 0.15) is 54.4 Å². The van der Waals surface area contributed by atoms with Gasteiger partial charge in [-0.05, 0) is 104 Å². The minimum Gasteiger partial charge on any atom is -0.487 e. The molecule has 2 N–H and O–H groups in total. The average molecular weight is 572 g/mol. The third-order valence-electron chi connectivity index (χ3n) is 8.94. The minimum atomic E-state index is -4.82. The molecule has 1 amide bonds. The highest BCUT2D eigenvalue weighted by Crippen LogP contribution is 2.61. The van der Waals surface area contributed by atoms with E-state index in [0.29, 0.717) is 34.1 Å². The summed E-state index contributed by atoms with van der Waals surface area (Å²) < 4.78 is 61.4. The van der Waals surface area contributed by atoms with Crippen LogP contribution in [0.5, 0.6) is 11.5 Å². The molecule has 0 radical (unpaired) electrons. The molecule has 4 fully saturated rings. The molecule has 6 nitrogen and oxygen atoms in total. The first-order valence-corrected chi connectivity index (χ1v) is 13.7. The van der Waals surface area contributed by atoms with Crippen molar-refractivity contribution in [2.45, 2.75) is 57.5 Å². The lowest BCUT2D eigenvalue weighted by atomic mass is 9.47. The van der Waals surface area contributed by atoms with E-state index in [1.165, 1.54) is 36.4 Å². The number of hydrogen-bond acceptors (Lipinski definition) is 4. The number of carboxylic acids is 1. The summed E-state index contributed by atoms with van der Waals surface area (Å²) in [6, 6.07) is 11.1. The zero-order valence-electron chi connectivity index (χ0n) is 22.0. The molecule has 4 aliphatic carbocycles. The van der Waals surface area contributed by atoms with Crippen LogP contribution in [-0.2, 0) is 11.4 Å². The Morgan fingerprint density at radius 2 is 1.59 bits per heavy atom. The number of alkyl halides is 3. The second kappa shape index (κ2) is 10.2. The highest BCUT2D eigenvalue weighted by atomic mass is 19.4. The number of amides is 1. The van der Waals surface area contributed by atoms with Crippen LogP contribution in [0.2, 0.25) is 0 Å². The van der Waals surface area contributed by atoms with Crippen LogP contribution >= 0.6 is 0 Å². The van der Waals surface area contributed by atoms with Gasteiger partial charge in [0.1, 0.15) is 30.0 Å². The Morgan fingerprint density at radius 3 is 2.17 bits per heavy atom. The Hall–Kier alpha value is -3.82. The maximum Gasteiger partial charge on any atom is 0.573 e. The summed E-state index contributed by atoms with van der Waals surface area (Å²) >= 11 is 0. The van der Waals surface area contributed by atoms with Gasteiger partial charge in [-0.3, -0.25) is 4.79 Å². The smallest absolute Gasteiger partial charge is 0.487 e. The van der Waals surface area contributed by atoms with Gasteiger partial charge in [0, 0.05) is 10.8 Å². The number of aliphatic carboxylic acids is 1. The van der Waals surface area contributed by atoms with Gasteiger partial charge in [0.15, 0.2) is 0 Å². The first-order valence-electron chi connectivity index (χ1n) is 13.7. The van der Waals surface area contributed by atoms with Gasteiger partial charge in [0.2, 0.25) is 0 Å². The predicted octanol–water partition coefficient (Wildman–Crippen LogP) is 6.86. The molecule has 4 aliphatic rings. The number of carbonyl (C=O) groups excluding carboxylic acids is 1. The van der Waals surface area contributed by atoms with Crippen LogP contribution in [0.4, 0.5) is 17.6 Å². The fourth-order valence-electron chi connectivity index (χ4n) is 7.77. The topological polar surface area (TPSA) is 84.9 Å². The fraction of sp³-hybridized carbons (Fsp3) is 0.419. The summed E-state index contributed by atoms with van der Waals surface area (Å²) in [5.74, 6) is -0.937. The Bertz CT molecular complexity index is 1450. The number of carbonyl (C=O) groups is 2. The van der Waals surface area contributed by atoms with E-state index < -0.39 is 35.5 Å². The van der Waals surface area contributed by atoms with E-state index in [9.17, 15) is 32.3 Å². The van der Waals surface area contributed by atoms with Gasteiger partial charge in [-0.25, -0.2) is 9.18 Å². The molecule has 7 rings (SSSR count). The maximum absolute atomic E-state index is 14.0. The van der Waals surface area contributed by atoms with Crippen molar-refractivity contribution < 1.29 is 41.7 Å². The average Bonchev–Trinajstić information content (AvgIpc) is 2.89. The van der Waals surface area contributed by atoms with Gasteiger partial charge in [0.05, 0.1) is 5.56 Å². The summed E-state index contributed by atoms with van der Waals surface area (Å²) in [6.45, 7) is -0.111. The van der Waals surface area contributed by atoms with Gasteiger partial charge in [0.25, 0.3) is 5.91 Å². The van der Waals surface area contributed by atoms with Crippen molar-refractivity contribution in [3.05, 3.63) is 71.5 Å². The number of nitrogens with one attached hydrogen (secondary N) is 1. The number of halogens is 4. The first kappa shape index (κ1) is 27.4.